The zero-order valence-corrected chi connectivity index (χ0v) is 17.7. The topological polar surface area (TPSA) is 97.3 Å². The summed E-state index contributed by atoms with van der Waals surface area (Å²) in [4.78, 5) is 25.5. The van der Waals surface area contributed by atoms with Crippen molar-refractivity contribution in [2.75, 3.05) is 12.4 Å². The highest BCUT2D eigenvalue weighted by molar-refractivity contribution is 7.95. The van der Waals surface area contributed by atoms with E-state index in [4.69, 9.17) is 5.26 Å². The second-order valence-electron chi connectivity index (χ2n) is 7.14. The number of halogens is 2. The molecule has 1 fully saturated rings. The van der Waals surface area contributed by atoms with Crippen molar-refractivity contribution >= 4 is 29.6 Å². The van der Waals surface area contributed by atoms with Gasteiger partial charge in [0.1, 0.15) is 23.7 Å². The Morgan fingerprint density at radius 1 is 1.23 bits per heavy atom. The Labute approximate surface area is 183 Å². The summed E-state index contributed by atoms with van der Waals surface area (Å²) >= 11 is 1.14. The van der Waals surface area contributed by atoms with Crippen LogP contribution in [0.25, 0.3) is 0 Å². The first kappa shape index (κ1) is 22.7. The van der Waals surface area contributed by atoms with Crippen LogP contribution in [-0.4, -0.2) is 35.3 Å². The van der Waals surface area contributed by atoms with Crippen molar-refractivity contribution in [3.63, 3.8) is 0 Å². The van der Waals surface area contributed by atoms with E-state index in [2.05, 4.69) is 15.4 Å². The van der Waals surface area contributed by atoms with Crippen LogP contribution < -0.4 is 15.4 Å². The lowest BCUT2D eigenvalue weighted by Gasteiger charge is -2.35. The molecule has 0 saturated carbocycles. The van der Waals surface area contributed by atoms with Gasteiger partial charge >= 0.3 is 0 Å². The van der Waals surface area contributed by atoms with Crippen LogP contribution in [0, 0.1) is 23.0 Å². The van der Waals surface area contributed by atoms with Crippen molar-refractivity contribution in [1.29, 1.82) is 5.26 Å². The summed E-state index contributed by atoms with van der Waals surface area (Å²) in [5.41, 5.74) is 0.887. The molecule has 3 N–H and O–H groups in total. The lowest BCUT2D eigenvalue weighted by molar-refractivity contribution is -0.125. The van der Waals surface area contributed by atoms with Gasteiger partial charge in [0.15, 0.2) is 0 Å². The van der Waals surface area contributed by atoms with Crippen molar-refractivity contribution < 1.29 is 18.4 Å². The van der Waals surface area contributed by atoms with Crippen LogP contribution in [0.5, 0.6) is 0 Å². The van der Waals surface area contributed by atoms with E-state index >= 15 is 0 Å². The van der Waals surface area contributed by atoms with Gasteiger partial charge in [0.2, 0.25) is 11.8 Å². The number of hydrogen-bond acceptors (Lipinski definition) is 6. The summed E-state index contributed by atoms with van der Waals surface area (Å²) in [5, 5.41) is 14.5. The number of nitrogens with one attached hydrogen (secondary N) is 3. The molecule has 1 saturated heterocycles. The number of anilines is 1. The zero-order chi connectivity index (χ0) is 22.5. The van der Waals surface area contributed by atoms with Crippen molar-refractivity contribution in [3.05, 3.63) is 65.2 Å². The van der Waals surface area contributed by atoms with E-state index in [1.807, 2.05) is 0 Å². The average Bonchev–Trinajstić information content (AvgIpc) is 2.75. The molecule has 0 bridgehead atoms. The third-order valence-electron chi connectivity index (χ3n) is 4.94. The van der Waals surface area contributed by atoms with Gasteiger partial charge in [-0.2, -0.15) is 5.26 Å². The molecule has 0 aromatic heterocycles. The maximum atomic E-state index is 13.5. The molecule has 2 aromatic rings. The van der Waals surface area contributed by atoms with Gasteiger partial charge in [-0.25, -0.2) is 17.8 Å². The first-order valence-corrected chi connectivity index (χ1v) is 10.3. The van der Waals surface area contributed by atoms with Gasteiger partial charge in [-0.05, 0) is 56.3 Å². The van der Waals surface area contributed by atoms with E-state index < -0.39 is 17.9 Å². The fourth-order valence-electron chi connectivity index (χ4n) is 3.13. The number of hydrogen-bond donors (Lipinski definition) is 3. The number of likely N-dealkylation sites (N-methyl/N-ethyl adjacent to an activating group) is 1. The summed E-state index contributed by atoms with van der Waals surface area (Å²) in [6.07, 6.45) is 0.198. The summed E-state index contributed by atoms with van der Waals surface area (Å²) in [6.45, 7) is 1.79. The highest BCUT2D eigenvalue weighted by Crippen LogP contribution is 2.24. The smallest absolute Gasteiger partial charge is 0.242 e. The van der Waals surface area contributed by atoms with Crippen LogP contribution in [0.15, 0.2) is 42.5 Å². The van der Waals surface area contributed by atoms with Crippen molar-refractivity contribution in [2.45, 2.75) is 31.5 Å². The maximum absolute atomic E-state index is 13.5. The molecule has 7 nitrogen and oxygen atoms in total. The fourth-order valence-corrected chi connectivity index (χ4v) is 3.93. The number of amides is 2. The molecule has 2 aromatic carbocycles. The van der Waals surface area contributed by atoms with Crippen LogP contribution >= 0.6 is 12.1 Å². The van der Waals surface area contributed by atoms with Crippen LogP contribution in [0.2, 0.25) is 0 Å². The predicted molar refractivity (Wildman–Crippen MR) is 113 cm³/mol. The van der Waals surface area contributed by atoms with Gasteiger partial charge < -0.3 is 10.6 Å². The number of rotatable bonds is 5. The maximum Gasteiger partial charge on any atom is 0.242 e. The van der Waals surface area contributed by atoms with Gasteiger partial charge in [-0.1, -0.05) is 12.1 Å². The molecule has 3 rings (SSSR count). The molecule has 0 spiro atoms. The van der Waals surface area contributed by atoms with E-state index in [0.717, 1.165) is 23.8 Å². The Morgan fingerprint density at radius 2 is 1.94 bits per heavy atom. The number of carbonyl (C=O) groups is 2. The van der Waals surface area contributed by atoms with Gasteiger partial charge in [0, 0.05) is 17.8 Å². The molecule has 1 heterocycles. The minimum atomic E-state index is -0.665. The molecule has 10 heteroatoms. The first-order valence-electron chi connectivity index (χ1n) is 9.50. The molecule has 31 heavy (non-hydrogen) atoms. The standard InChI is InChI=1S/C21H21F2N5O2S/c1-12(13-3-5-15(22)6-4-13)25-20(29)18-10-19(28(2)31-27-18)21(30)26-16-7-8-17(23)14(9-16)11-24/h3-9,12,18-19,27H,10H2,1-2H3,(H,25,29)(H,26,30). The van der Waals surface area contributed by atoms with E-state index in [0.29, 0.717) is 5.69 Å². The number of nitriles is 1. The van der Waals surface area contributed by atoms with Crippen LogP contribution in [0.3, 0.4) is 0 Å². The van der Waals surface area contributed by atoms with Crippen molar-refractivity contribution in [3.8, 4) is 6.07 Å². The van der Waals surface area contributed by atoms with Crippen LogP contribution in [0.4, 0.5) is 14.5 Å². The summed E-state index contributed by atoms with van der Waals surface area (Å²) in [6, 6.07) is 9.72. The Hall–Kier alpha value is -3.00. The normalized spacial score (nSPS) is 19.8. The number of benzene rings is 2. The highest BCUT2D eigenvalue weighted by Gasteiger charge is 2.35. The molecular weight excluding hydrogens is 424 g/mol. The van der Waals surface area contributed by atoms with Gasteiger partial charge in [0.05, 0.1) is 17.6 Å². The second-order valence-corrected chi connectivity index (χ2v) is 8.13. The third-order valence-corrected chi connectivity index (χ3v) is 5.87. The molecule has 0 aliphatic carbocycles. The first-order chi connectivity index (χ1) is 14.8. The van der Waals surface area contributed by atoms with E-state index in [1.165, 1.54) is 24.3 Å². The monoisotopic (exact) mass is 445 g/mol. The summed E-state index contributed by atoms with van der Waals surface area (Å²) in [5.74, 6) is -1.69. The molecule has 0 radical (unpaired) electrons. The average molecular weight is 445 g/mol. The van der Waals surface area contributed by atoms with Crippen LogP contribution in [-0.2, 0) is 9.59 Å². The molecule has 2 amide bonds. The molecule has 3 atom stereocenters. The highest BCUT2D eigenvalue weighted by atomic mass is 32.2. The second kappa shape index (κ2) is 9.87. The Kier molecular flexibility index (Phi) is 7.22. The Balaban J connectivity index is 1.63. The fraction of sp³-hybridized carbons (Fsp3) is 0.286. The zero-order valence-electron chi connectivity index (χ0n) is 16.9. The van der Waals surface area contributed by atoms with E-state index in [-0.39, 0.29) is 35.7 Å². The van der Waals surface area contributed by atoms with Gasteiger partial charge in [-0.3, -0.25) is 9.59 Å². The Bertz CT molecular complexity index is 1010. The van der Waals surface area contributed by atoms with E-state index in [9.17, 15) is 18.4 Å². The quantitative estimate of drug-likeness (QED) is 0.613. The molecule has 1 aliphatic rings. The van der Waals surface area contributed by atoms with Crippen molar-refractivity contribution in [1.82, 2.24) is 14.3 Å². The summed E-state index contributed by atoms with van der Waals surface area (Å²) in [7, 11) is 1.71. The lowest BCUT2D eigenvalue weighted by Crippen LogP contribution is -2.54. The molecule has 1 aliphatic heterocycles. The third kappa shape index (κ3) is 5.58. The molecular formula is C21H21F2N5O2S. The SMILES string of the molecule is CC(NC(=O)C1CC(C(=O)Nc2ccc(F)c(C#N)c2)N(C)SN1)c1ccc(F)cc1. The van der Waals surface area contributed by atoms with Crippen LogP contribution in [0.1, 0.15) is 30.5 Å². The number of carbonyl (C=O) groups excluding carboxylic acids is 2. The Morgan fingerprint density at radius 3 is 2.61 bits per heavy atom. The number of nitrogens with zero attached hydrogens (tertiary/aromatic N) is 2. The van der Waals surface area contributed by atoms with E-state index in [1.54, 1.807) is 36.5 Å². The minimum absolute atomic E-state index is 0.169. The summed E-state index contributed by atoms with van der Waals surface area (Å²) < 4.78 is 31.3. The van der Waals surface area contributed by atoms with Crippen molar-refractivity contribution in [2.24, 2.45) is 0 Å². The van der Waals surface area contributed by atoms with Gasteiger partial charge in [-0.15, -0.1) is 0 Å². The minimum Gasteiger partial charge on any atom is -0.348 e. The van der Waals surface area contributed by atoms with Gasteiger partial charge in [0.25, 0.3) is 0 Å². The predicted octanol–water partition coefficient (Wildman–Crippen LogP) is 2.88. The molecule has 3 unspecified atom stereocenters. The lowest BCUT2D eigenvalue weighted by atomic mass is 10.0. The largest absolute Gasteiger partial charge is 0.348 e. The molecule has 162 valence electrons.